The summed E-state index contributed by atoms with van der Waals surface area (Å²) < 4.78 is 25.9. The van der Waals surface area contributed by atoms with Crippen molar-refractivity contribution >= 4 is 29.0 Å². The monoisotopic (exact) mass is 283 g/mol. The summed E-state index contributed by atoms with van der Waals surface area (Å²) in [4.78, 5) is 15.6. The summed E-state index contributed by atoms with van der Waals surface area (Å²) in [5.74, 6) is -2.20. The lowest BCUT2D eigenvalue weighted by Crippen LogP contribution is -2.15. The molecule has 1 amide bonds. The topological polar surface area (TPSA) is 68.0 Å². The highest BCUT2D eigenvalue weighted by Gasteiger charge is 2.13. The molecule has 0 aliphatic rings. The molecule has 0 spiro atoms. The van der Waals surface area contributed by atoms with Crippen LogP contribution in [0, 0.1) is 11.6 Å². The van der Waals surface area contributed by atoms with Crippen molar-refractivity contribution in [2.24, 2.45) is 0 Å². The first-order valence-electron chi connectivity index (χ1n) is 5.15. The van der Waals surface area contributed by atoms with Gasteiger partial charge in [-0.2, -0.15) is 0 Å². The number of rotatable bonds is 2. The maximum Gasteiger partial charge on any atom is 0.275 e. The Morgan fingerprint density at radius 2 is 1.84 bits per heavy atom. The molecule has 0 saturated heterocycles. The van der Waals surface area contributed by atoms with Crippen molar-refractivity contribution in [3.8, 4) is 0 Å². The van der Waals surface area contributed by atoms with Gasteiger partial charge in [0.1, 0.15) is 23.1 Å². The van der Waals surface area contributed by atoms with E-state index < -0.39 is 17.5 Å². The molecule has 3 N–H and O–H groups in total. The Balaban J connectivity index is 2.28. The largest absolute Gasteiger partial charge is 0.384 e. The maximum atomic E-state index is 13.0. The van der Waals surface area contributed by atoms with Crippen molar-refractivity contribution < 1.29 is 13.6 Å². The number of anilines is 2. The molecule has 7 heteroatoms. The van der Waals surface area contributed by atoms with Crippen LogP contribution in [0.1, 0.15) is 10.5 Å². The number of nitrogen functional groups attached to an aromatic ring is 1. The van der Waals surface area contributed by atoms with Gasteiger partial charge in [0.05, 0.1) is 5.02 Å². The molecule has 0 aliphatic heterocycles. The Morgan fingerprint density at radius 3 is 2.47 bits per heavy atom. The fourth-order valence-electron chi connectivity index (χ4n) is 1.43. The normalized spacial score (nSPS) is 10.3. The highest BCUT2D eigenvalue weighted by Crippen LogP contribution is 2.18. The van der Waals surface area contributed by atoms with Crippen LogP contribution in [-0.4, -0.2) is 10.9 Å². The first kappa shape index (κ1) is 13.2. The smallest absolute Gasteiger partial charge is 0.275 e. The van der Waals surface area contributed by atoms with Crippen LogP contribution in [0.3, 0.4) is 0 Å². The van der Waals surface area contributed by atoms with Crippen LogP contribution in [-0.2, 0) is 0 Å². The molecule has 4 nitrogen and oxygen atoms in total. The van der Waals surface area contributed by atoms with Gasteiger partial charge in [-0.25, -0.2) is 13.8 Å². The summed E-state index contributed by atoms with van der Waals surface area (Å²) in [5, 5.41) is 2.37. The zero-order chi connectivity index (χ0) is 14.0. The van der Waals surface area contributed by atoms with Crippen molar-refractivity contribution in [2.45, 2.75) is 0 Å². The molecule has 1 heterocycles. The number of carbonyl (C=O) groups excluding carboxylic acids is 1. The molecule has 0 unspecified atom stereocenters. The molecule has 19 heavy (non-hydrogen) atoms. The lowest BCUT2D eigenvalue weighted by molar-refractivity contribution is 0.102. The minimum Gasteiger partial charge on any atom is -0.384 e. The summed E-state index contributed by atoms with van der Waals surface area (Å²) in [7, 11) is 0. The number of pyridine rings is 1. The molecular weight excluding hydrogens is 276 g/mol. The van der Waals surface area contributed by atoms with Gasteiger partial charge in [-0.15, -0.1) is 0 Å². The van der Waals surface area contributed by atoms with E-state index in [9.17, 15) is 13.6 Å². The van der Waals surface area contributed by atoms with Gasteiger partial charge in [0.2, 0.25) is 0 Å². The van der Waals surface area contributed by atoms with Gasteiger partial charge >= 0.3 is 0 Å². The number of aromatic nitrogens is 1. The summed E-state index contributed by atoms with van der Waals surface area (Å²) >= 11 is 5.79. The fraction of sp³-hybridized carbons (Fsp3) is 0. The first-order valence-corrected chi connectivity index (χ1v) is 5.53. The van der Waals surface area contributed by atoms with Crippen LogP contribution in [0.15, 0.2) is 30.3 Å². The summed E-state index contributed by atoms with van der Waals surface area (Å²) in [5.41, 5.74) is 5.28. The molecule has 0 saturated carbocycles. The number of halogens is 3. The minimum atomic E-state index is -0.804. The van der Waals surface area contributed by atoms with E-state index in [0.717, 1.165) is 12.1 Å². The number of nitrogens with one attached hydrogen (secondary N) is 1. The van der Waals surface area contributed by atoms with E-state index in [-0.39, 0.29) is 22.2 Å². The van der Waals surface area contributed by atoms with E-state index in [1.807, 2.05) is 0 Å². The van der Waals surface area contributed by atoms with Crippen LogP contribution in [0.5, 0.6) is 0 Å². The Labute approximate surface area is 112 Å². The fourth-order valence-corrected chi connectivity index (χ4v) is 1.62. The predicted molar refractivity (Wildman–Crippen MR) is 68.0 cm³/mol. The second-order valence-corrected chi connectivity index (χ2v) is 4.09. The number of carbonyl (C=O) groups is 1. The van der Waals surface area contributed by atoms with Crippen molar-refractivity contribution in [1.29, 1.82) is 0 Å². The molecule has 2 aromatic rings. The Morgan fingerprint density at radius 1 is 1.21 bits per heavy atom. The molecule has 0 atom stereocenters. The molecule has 1 aromatic heterocycles. The van der Waals surface area contributed by atoms with E-state index in [4.69, 9.17) is 17.3 Å². The second-order valence-electron chi connectivity index (χ2n) is 3.68. The molecule has 0 aliphatic carbocycles. The van der Waals surface area contributed by atoms with E-state index in [1.165, 1.54) is 12.1 Å². The third kappa shape index (κ3) is 3.17. The van der Waals surface area contributed by atoms with Gasteiger partial charge < -0.3 is 11.1 Å². The van der Waals surface area contributed by atoms with Crippen LogP contribution in [0.4, 0.5) is 20.3 Å². The zero-order valence-corrected chi connectivity index (χ0v) is 10.2. The van der Waals surface area contributed by atoms with Gasteiger partial charge in [-0.3, -0.25) is 4.79 Å². The van der Waals surface area contributed by atoms with Gasteiger partial charge in [-0.1, -0.05) is 11.6 Å². The molecule has 0 bridgehead atoms. The maximum absolute atomic E-state index is 13.0. The Bertz CT molecular complexity index is 629. The highest BCUT2D eigenvalue weighted by atomic mass is 35.5. The number of nitrogens with two attached hydrogens (primary N) is 1. The highest BCUT2D eigenvalue weighted by molar-refractivity contribution is 6.34. The lowest BCUT2D eigenvalue weighted by Gasteiger charge is -2.07. The number of nitrogens with zero attached hydrogens (tertiary/aromatic N) is 1. The Kier molecular flexibility index (Phi) is 3.62. The van der Waals surface area contributed by atoms with Crippen molar-refractivity contribution in [1.82, 2.24) is 4.98 Å². The third-order valence-electron chi connectivity index (χ3n) is 2.20. The Hall–Kier alpha value is -2.21. The second kappa shape index (κ2) is 5.19. The standard InChI is InChI=1S/C12H8ClF2N3O/c13-9-1-2-10(16)18-11(9)12(19)17-8-4-6(14)3-7(15)5-8/h1-5H,(H2,16,18)(H,17,19). The van der Waals surface area contributed by atoms with E-state index in [2.05, 4.69) is 10.3 Å². The molecule has 0 radical (unpaired) electrons. The summed E-state index contributed by atoms with van der Waals surface area (Å²) in [6.45, 7) is 0. The van der Waals surface area contributed by atoms with E-state index in [0.29, 0.717) is 6.07 Å². The van der Waals surface area contributed by atoms with Crippen molar-refractivity contribution in [3.63, 3.8) is 0 Å². The van der Waals surface area contributed by atoms with Crippen LogP contribution in [0.2, 0.25) is 5.02 Å². The summed E-state index contributed by atoms with van der Waals surface area (Å²) in [6.07, 6.45) is 0. The van der Waals surface area contributed by atoms with Gasteiger partial charge in [0.15, 0.2) is 0 Å². The zero-order valence-electron chi connectivity index (χ0n) is 9.45. The average Bonchev–Trinajstić information content (AvgIpc) is 2.30. The van der Waals surface area contributed by atoms with Crippen LogP contribution >= 0.6 is 11.6 Å². The van der Waals surface area contributed by atoms with Gasteiger partial charge in [0, 0.05) is 11.8 Å². The third-order valence-corrected chi connectivity index (χ3v) is 2.51. The molecule has 98 valence electrons. The molecule has 0 fully saturated rings. The lowest BCUT2D eigenvalue weighted by atomic mass is 10.2. The SMILES string of the molecule is Nc1ccc(Cl)c(C(=O)Nc2cc(F)cc(F)c2)n1. The molecule has 1 aromatic carbocycles. The van der Waals surface area contributed by atoms with Crippen LogP contribution < -0.4 is 11.1 Å². The number of hydrogen-bond acceptors (Lipinski definition) is 3. The van der Waals surface area contributed by atoms with Gasteiger partial charge in [-0.05, 0) is 24.3 Å². The number of hydrogen-bond donors (Lipinski definition) is 2. The van der Waals surface area contributed by atoms with E-state index >= 15 is 0 Å². The van der Waals surface area contributed by atoms with Gasteiger partial charge in [0.25, 0.3) is 5.91 Å². The quantitative estimate of drug-likeness (QED) is 0.890. The molecular formula is C12H8ClF2N3O. The summed E-state index contributed by atoms with van der Waals surface area (Å²) in [6, 6.07) is 5.48. The average molecular weight is 284 g/mol. The van der Waals surface area contributed by atoms with E-state index in [1.54, 1.807) is 0 Å². The first-order chi connectivity index (χ1) is 8.95. The van der Waals surface area contributed by atoms with Crippen molar-refractivity contribution in [3.05, 3.63) is 52.7 Å². The molecule has 2 rings (SSSR count). The van der Waals surface area contributed by atoms with Crippen LogP contribution in [0.25, 0.3) is 0 Å². The van der Waals surface area contributed by atoms with Crippen molar-refractivity contribution in [2.75, 3.05) is 11.1 Å². The number of benzene rings is 1. The predicted octanol–water partition coefficient (Wildman–Crippen LogP) is 2.85. The minimum absolute atomic E-state index is 0.0391. The number of amides is 1.